The van der Waals surface area contributed by atoms with E-state index in [2.05, 4.69) is 5.16 Å². The lowest BCUT2D eigenvalue weighted by Gasteiger charge is -2.06. The van der Waals surface area contributed by atoms with Crippen molar-refractivity contribution in [2.24, 2.45) is 5.16 Å². The summed E-state index contributed by atoms with van der Waals surface area (Å²) in [4.78, 5) is 6.09. The summed E-state index contributed by atoms with van der Waals surface area (Å²) in [6.45, 7) is 0. The van der Waals surface area contributed by atoms with Gasteiger partial charge >= 0.3 is 0 Å². The van der Waals surface area contributed by atoms with Crippen LogP contribution in [0.25, 0.3) is 0 Å². The van der Waals surface area contributed by atoms with E-state index in [4.69, 9.17) is 4.84 Å². The summed E-state index contributed by atoms with van der Waals surface area (Å²) < 4.78 is 0. The average Bonchev–Trinajstić information content (AvgIpc) is 2.05. The molecule has 0 saturated carbocycles. The molecule has 0 aliphatic carbocycles. The van der Waals surface area contributed by atoms with E-state index >= 15 is 0 Å². The molecule has 1 aliphatic heterocycles. The number of oxime groups is 1. The van der Waals surface area contributed by atoms with Crippen LogP contribution >= 0.6 is 11.8 Å². The first-order valence-corrected chi connectivity index (χ1v) is 3.79. The minimum Gasteiger partial charge on any atom is -0.355 e. The molecule has 50 valence electrons. The number of hydrogen-bond acceptors (Lipinski definition) is 3. The molecular formula is C7H5NOS. The fraction of sp³-hybridized carbons (Fsp3) is 0. The second-order valence-corrected chi connectivity index (χ2v) is 2.75. The van der Waals surface area contributed by atoms with Crippen LogP contribution in [0, 0.1) is 0 Å². The zero-order valence-electron chi connectivity index (χ0n) is 5.15. The number of thioether (sulfide) groups is 1. The Kier molecular flexibility index (Phi) is 1.36. The van der Waals surface area contributed by atoms with E-state index in [0.29, 0.717) is 0 Å². The predicted octanol–water partition coefficient (Wildman–Crippen LogP) is 2.11. The van der Waals surface area contributed by atoms with Gasteiger partial charge in [0.15, 0.2) is 5.75 Å². The summed E-state index contributed by atoms with van der Waals surface area (Å²) in [5.41, 5.74) is 1.68. The molecule has 0 unspecified atom stereocenters. The molecule has 0 radical (unpaired) electrons. The van der Waals surface area contributed by atoms with Crippen molar-refractivity contribution in [1.29, 1.82) is 0 Å². The van der Waals surface area contributed by atoms with E-state index in [1.807, 2.05) is 24.3 Å². The molecule has 3 heteroatoms. The summed E-state index contributed by atoms with van der Waals surface area (Å²) in [5.74, 6) is 0.843. The van der Waals surface area contributed by atoms with Crippen LogP contribution in [-0.2, 0) is 0 Å². The average molecular weight is 151 g/mol. The van der Waals surface area contributed by atoms with Gasteiger partial charge in [-0.1, -0.05) is 29.1 Å². The maximum absolute atomic E-state index is 4.97. The van der Waals surface area contributed by atoms with Crippen LogP contribution in [0.5, 0.6) is 5.75 Å². The predicted molar refractivity (Wildman–Crippen MR) is 41.4 cm³/mol. The van der Waals surface area contributed by atoms with Crippen LogP contribution in [0.15, 0.2) is 34.3 Å². The molecule has 0 fully saturated rings. The zero-order chi connectivity index (χ0) is 6.81. The number of benzene rings is 1. The molecular weight excluding hydrogens is 146 g/mol. The van der Waals surface area contributed by atoms with Crippen molar-refractivity contribution in [2.45, 2.75) is 4.90 Å². The van der Waals surface area contributed by atoms with E-state index in [1.165, 1.54) is 0 Å². The molecule has 1 heterocycles. The van der Waals surface area contributed by atoms with Gasteiger partial charge in [0.05, 0.1) is 4.90 Å². The van der Waals surface area contributed by atoms with Crippen LogP contribution in [-0.4, -0.2) is 5.55 Å². The molecule has 1 aromatic rings. The molecule has 0 amide bonds. The first-order valence-electron chi connectivity index (χ1n) is 2.91. The zero-order valence-corrected chi connectivity index (χ0v) is 5.97. The van der Waals surface area contributed by atoms with Crippen LogP contribution < -0.4 is 4.84 Å². The van der Waals surface area contributed by atoms with Crippen molar-refractivity contribution < 1.29 is 4.84 Å². The smallest absolute Gasteiger partial charge is 0.171 e. The molecule has 2 nitrogen and oxygen atoms in total. The van der Waals surface area contributed by atoms with Crippen molar-refractivity contribution in [1.82, 2.24) is 0 Å². The van der Waals surface area contributed by atoms with E-state index in [1.54, 1.807) is 17.3 Å². The summed E-state index contributed by atoms with van der Waals surface area (Å²) in [6.07, 6.45) is 0. The van der Waals surface area contributed by atoms with Gasteiger partial charge in [0.25, 0.3) is 0 Å². The van der Waals surface area contributed by atoms with Crippen molar-refractivity contribution in [3.05, 3.63) is 24.3 Å². The Hall–Kier alpha value is -0.960. The lowest BCUT2D eigenvalue weighted by molar-refractivity contribution is 0.334. The lowest BCUT2D eigenvalue weighted by atomic mass is 10.3. The minimum atomic E-state index is 0.843. The molecule has 0 bridgehead atoms. The molecule has 0 saturated heterocycles. The molecule has 1 aliphatic rings. The van der Waals surface area contributed by atoms with Crippen LogP contribution in [0.2, 0.25) is 0 Å². The summed E-state index contributed by atoms with van der Waals surface area (Å²) in [7, 11) is 0. The Morgan fingerprint density at radius 1 is 1.30 bits per heavy atom. The Balaban J connectivity index is 2.47. The fourth-order valence-corrected chi connectivity index (χ4v) is 1.36. The van der Waals surface area contributed by atoms with Gasteiger partial charge in [0.2, 0.25) is 0 Å². The highest BCUT2D eigenvalue weighted by Crippen LogP contribution is 2.30. The normalized spacial score (nSPS) is 14.0. The van der Waals surface area contributed by atoms with Gasteiger partial charge in [0.1, 0.15) is 5.55 Å². The molecule has 0 atom stereocenters. The maximum Gasteiger partial charge on any atom is 0.171 e. The van der Waals surface area contributed by atoms with Gasteiger partial charge in [-0.3, -0.25) is 0 Å². The Morgan fingerprint density at radius 3 is 3.10 bits per heavy atom. The number of hydrogen-bond donors (Lipinski definition) is 0. The molecule has 0 aromatic heterocycles. The Morgan fingerprint density at radius 2 is 2.20 bits per heavy atom. The molecule has 0 N–H and O–H groups in total. The van der Waals surface area contributed by atoms with Crippen molar-refractivity contribution >= 4 is 17.3 Å². The van der Waals surface area contributed by atoms with E-state index in [-0.39, 0.29) is 0 Å². The van der Waals surface area contributed by atoms with E-state index in [0.717, 1.165) is 10.6 Å². The van der Waals surface area contributed by atoms with E-state index < -0.39 is 0 Å². The van der Waals surface area contributed by atoms with Crippen LogP contribution in [0.4, 0.5) is 0 Å². The topological polar surface area (TPSA) is 21.6 Å². The van der Waals surface area contributed by atoms with Gasteiger partial charge in [-0.2, -0.15) is 0 Å². The summed E-state index contributed by atoms with van der Waals surface area (Å²) >= 11 is 1.57. The second kappa shape index (κ2) is 2.34. The van der Waals surface area contributed by atoms with Crippen molar-refractivity contribution in [3.8, 4) is 5.75 Å². The Bertz CT molecular complexity index is 245. The quantitative estimate of drug-likeness (QED) is 0.566. The van der Waals surface area contributed by atoms with Gasteiger partial charge in [-0.25, -0.2) is 0 Å². The van der Waals surface area contributed by atoms with Gasteiger partial charge in [-0.15, -0.1) is 0 Å². The first kappa shape index (κ1) is 5.80. The SMILES string of the molecule is C1=NOc2ccccc2S1. The largest absolute Gasteiger partial charge is 0.355 e. The summed E-state index contributed by atoms with van der Waals surface area (Å²) in [6, 6.07) is 7.82. The molecule has 10 heavy (non-hydrogen) atoms. The molecule has 0 spiro atoms. The van der Waals surface area contributed by atoms with E-state index in [9.17, 15) is 0 Å². The summed E-state index contributed by atoms with van der Waals surface area (Å²) in [5, 5.41) is 3.66. The van der Waals surface area contributed by atoms with Crippen LogP contribution in [0.1, 0.15) is 0 Å². The fourth-order valence-electron chi connectivity index (χ4n) is 0.780. The third-order valence-corrected chi connectivity index (χ3v) is 2.01. The van der Waals surface area contributed by atoms with Crippen LogP contribution in [0.3, 0.4) is 0 Å². The van der Waals surface area contributed by atoms with Gasteiger partial charge in [0, 0.05) is 0 Å². The Labute approximate surface area is 62.9 Å². The number of rotatable bonds is 0. The number of fused-ring (bicyclic) bond motifs is 1. The van der Waals surface area contributed by atoms with Gasteiger partial charge in [-0.05, 0) is 12.1 Å². The van der Waals surface area contributed by atoms with Crippen molar-refractivity contribution in [3.63, 3.8) is 0 Å². The standard InChI is InChI=1S/C7H5NOS/c1-2-4-7-6(3-1)9-8-5-10-7/h1-5H. The first-order chi connectivity index (χ1) is 4.97. The highest BCUT2D eigenvalue weighted by atomic mass is 32.2. The van der Waals surface area contributed by atoms with Gasteiger partial charge < -0.3 is 4.84 Å². The molecule has 1 aromatic carbocycles. The third-order valence-electron chi connectivity index (χ3n) is 1.22. The monoisotopic (exact) mass is 151 g/mol. The highest BCUT2D eigenvalue weighted by Gasteiger charge is 2.04. The molecule has 2 rings (SSSR count). The maximum atomic E-state index is 4.97. The lowest BCUT2D eigenvalue weighted by Crippen LogP contribution is -1.90. The third kappa shape index (κ3) is 0.885. The minimum absolute atomic E-state index is 0.843. The number of nitrogens with zero attached hydrogens (tertiary/aromatic N) is 1. The van der Waals surface area contributed by atoms with Crippen molar-refractivity contribution in [2.75, 3.05) is 0 Å². The highest BCUT2D eigenvalue weighted by molar-refractivity contribution is 8.12. The second-order valence-electron chi connectivity index (χ2n) is 1.87. The number of para-hydroxylation sites is 1.